The molecule has 0 N–H and O–H groups in total. The van der Waals surface area contributed by atoms with Crippen LogP contribution >= 0.6 is 24.0 Å². The van der Waals surface area contributed by atoms with E-state index in [1.54, 1.807) is 7.11 Å². The molecule has 0 saturated heterocycles. The van der Waals surface area contributed by atoms with Crippen LogP contribution in [0.5, 0.6) is 5.75 Å². The van der Waals surface area contributed by atoms with Gasteiger partial charge in [-0.1, -0.05) is 61.7 Å². The highest BCUT2D eigenvalue weighted by atomic mass is 35.5. The SMILES string of the molecule is CCCN(c1nc(C)n(-c2cc(C)c(OC)cc2Cl)n1)[C@@H](CC1CC1)c1ccccc1.Cl. The lowest BCUT2D eigenvalue weighted by atomic mass is 9.99. The fraction of sp³-hybridized carbons (Fsp3) is 0.440. The van der Waals surface area contributed by atoms with Gasteiger partial charge < -0.3 is 9.64 Å². The Morgan fingerprint density at radius 3 is 2.53 bits per heavy atom. The number of nitrogens with zero attached hydrogens (tertiary/aromatic N) is 4. The average Bonchev–Trinajstić information content (AvgIpc) is 3.52. The molecule has 0 unspecified atom stereocenters. The zero-order chi connectivity index (χ0) is 22.0. The molecule has 1 atom stereocenters. The van der Waals surface area contributed by atoms with Gasteiger partial charge in [0.05, 0.1) is 23.9 Å². The third kappa shape index (κ3) is 5.21. The highest BCUT2D eigenvalue weighted by Crippen LogP contribution is 2.41. The van der Waals surface area contributed by atoms with Crippen molar-refractivity contribution in [2.45, 2.75) is 52.5 Å². The van der Waals surface area contributed by atoms with Crippen LogP contribution in [0.15, 0.2) is 42.5 Å². The van der Waals surface area contributed by atoms with E-state index in [1.165, 1.54) is 18.4 Å². The molecular formula is C25H32Cl2N4O. The van der Waals surface area contributed by atoms with Crippen molar-refractivity contribution in [1.29, 1.82) is 0 Å². The fourth-order valence-electron chi connectivity index (χ4n) is 4.18. The van der Waals surface area contributed by atoms with Gasteiger partial charge >= 0.3 is 0 Å². The summed E-state index contributed by atoms with van der Waals surface area (Å²) in [7, 11) is 1.66. The van der Waals surface area contributed by atoms with E-state index in [-0.39, 0.29) is 18.4 Å². The van der Waals surface area contributed by atoms with Crippen molar-refractivity contribution < 1.29 is 4.74 Å². The number of methoxy groups -OCH3 is 1. The first-order valence-corrected chi connectivity index (χ1v) is 11.5. The van der Waals surface area contributed by atoms with Gasteiger partial charge in [0.15, 0.2) is 0 Å². The van der Waals surface area contributed by atoms with Crippen LogP contribution in [0.4, 0.5) is 5.95 Å². The second-order valence-corrected chi connectivity index (χ2v) is 8.85. The Bertz CT molecular complexity index is 1030. The molecule has 3 aromatic rings. The number of anilines is 1. The highest BCUT2D eigenvalue weighted by molar-refractivity contribution is 6.32. The summed E-state index contributed by atoms with van der Waals surface area (Å²) in [6.07, 6.45) is 4.82. The van der Waals surface area contributed by atoms with Gasteiger partial charge in [-0.25, -0.2) is 4.68 Å². The summed E-state index contributed by atoms with van der Waals surface area (Å²) in [5, 5.41) is 5.54. The van der Waals surface area contributed by atoms with E-state index in [0.29, 0.717) is 5.02 Å². The van der Waals surface area contributed by atoms with Gasteiger partial charge in [0.25, 0.3) is 0 Å². The normalized spacial score (nSPS) is 14.0. The van der Waals surface area contributed by atoms with E-state index in [9.17, 15) is 0 Å². The fourth-order valence-corrected chi connectivity index (χ4v) is 4.41. The van der Waals surface area contributed by atoms with E-state index >= 15 is 0 Å². The second kappa shape index (κ2) is 10.6. The molecule has 32 heavy (non-hydrogen) atoms. The highest BCUT2D eigenvalue weighted by Gasteiger charge is 2.31. The number of halogens is 2. The Kier molecular flexibility index (Phi) is 8.07. The number of aryl methyl sites for hydroxylation is 2. The Labute approximate surface area is 202 Å². The third-order valence-electron chi connectivity index (χ3n) is 5.99. The van der Waals surface area contributed by atoms with Gasteiger partial charge in [-0.15, -0.1) is 17.5 Å². The number of hydrogen-bond donors (Lipinski definition) is 0. The summed E-state index contributed by atoms with van der Waals surface area (Å²) in [6, 6.07) is 14.9. The zero-order valence-corrected chi connectivity index (χ0v) is 20.8. The zero-order valence-electron chi connectivity index (χ0n) is 19.2. The van der Waals surface area contributed by atoms with E-state index in [0.717, 1.165) is 54.1 Å². The average molecular weight is 475 g/mol. The van der Waals surface area contributed by atoms with Gasteiger partial charge in [0.1, 0.15) is 11.6 Å². The lowest BCUT2D eigenvalue weighted by molar-refractivity contribution is 0.411. The van der Waals surface area contributed by atoms with Crippen LogP contribution in [-0.2, 0) is 0 Å². The van der Waals surface area contributed by atoms with Crippen LogP contribution in [0.2, 0.25) is 5.02 Å². The van der Waals surface area contributed by atoms with Crippen molar-refractivity contribution in [3.05, 3.63) is 64.4 Å². The third-order valence-corrected chi connectivity index (χ3v) is 6.29. The minimum Gasteiger partial charge on any atom is -0.496 e. The number of ether oxygens (including phenoxy) is 1. The maximum atomic E-state index is 6.59. The van der Waals surface area contributed by atoms with E-state index in [2.05, 4.69) is 42.2 Å². The lowest BCUT2D eigenvalue weighted by Gasteiger charge is -2.31. The Morgan fingerprint density at radius 1 is 1.19 bits per heavy atom. The molecule has 4 rings (SSSR count). The van der Waals surface area contributed by atoms with E-state index < -0.39 is 0 Å². The molecule has 0 spiro atoms. The molecule has 1 aliphatic carbocycles. The van der Waals surface area contributed by atoms with Gasteiger partial charge in [-0.05, 0) is 49.8 Å². The maximum absolute atomic E-state index is 6.59. The number of benzene rings is 2. The Balaban J connectivity index is 0.00000289. The van der Waals surface area contributed by atoms with Gasteiger partial charge in [0.2, 0.25) is 5.95 Å². The smallest absolute Gasteiger partial charge is 0.245 e. The number of aromatic nitrogens is 3. The molecule has 5 nitrogen and oxygen atoms in total. The molecule has 1 aliphatic rings. The van der Waals surface area contributed by atoms with Crippen molar-refractivity contribution in [1.82, 2.24) is 14.8 Å². The lowest BCUT2D eigenvalue weighted by Crippen LogP contribution is -2.31. The summed E-state index contributed by atoms with van der Waals surface area (Å²) in [5.41, 5.74) is 3.17. The first-order chi connectivity index (χ1) is 15.0. The maximum Gasteiger partial charge on any atom is 0.245 e. The van der Waals surface area contributed by atoms with Crippen LogP contribution in [-0.4, -0.2) is 28.4 Å². The van der Waals surface area contributed by atoms with Crippen LogP contribution in [0, 0.1) is 19.8 Å². The molecule has 1 aromatic heterocycles. The molecule has 1 saturated carbocycles. The van der Waals surface area contributed by atoms with Gasteiger partial charge in [-0.3, -0.25) is 0 Å². The molecular weight excluding hydrogens is 443 g/mol. The predicted octanol–water partition coefficient (Wildman–Crippen LogP) is 6.73. The molecule has 1 fully saturated rings. The summed E-state index contributed by atoms with van der Waals surface area (Å²) in [6.45, 7) is 7.11. The van der Waals surface area contributed by atoms with Crippen molar-refractivity contribution in [2.24, 2.45) is 5.92 Å². The molecule has 0 radical (unpaired) electrons. The summed E-state index contributed by atoms with van der Waals surface area (Å²) >= 11 is 6.59. The standard InChI is InChI=1S/C25H31ClN4O.ClH/c1-5-13-29(22(15-19-11-12-19)20-9-7-6-8-10-20)25-27-18(3)30(28-25)23-14-17(2)24(31-4)16-21(23)26;/h6-10,14,16,19,22H,5,11-13,15H2,1-4H3;1H/t22-;/m0./s1. The van der Waals surface area contributed by atoms with Crippen molar-refractivity contribution in [3.63, 3.8) is 0 Å². The summed E-state index contributed by atoms with van der Waals surface area (Å²) in [4.78, 5) is 7.26. The molecule has 0 aliphatic heterocycles. The molecule has 172 valence electrons. The van der Waals surface area contributed by atoms with Gasteiger partial charge in [0, 0.05) is 12.6 Å². The van der Waals surface area contributed by atoms with Crippen LogP contribution in [0.1, 0.15) is 55.6 Å². The molecule has 1 heterocycles. The number of rotatable bonds is 9. The quantitative estimate of drug-likeness (QED) is 0.344. The molecule has 7 heteroatoms. The molecule has 0 bridgehead atoms. The minimum absolute atomic E-state index is 0. The first-order valence-electron chi connectivity index (χ1n) is 11.1. The van der Waals surface area contributed by atoms with Crippen LogP contribution in [0.25, 0.3) is 5.69 Å². The van der Waals surface area contributed by atoms with Crippen molar-refractivity contribution in [3.8, 4) is 11.4 Å². The van der Waals surface area contributed by atoms with E-state index in [4.69, 9.17) is 26.4 Å². The Hall–Kier alpha value is -2.24. The molecule has 0 amide bonds. The topological polar surface area (TPSA) is 43.2 Å². The first kappa shape index (κ1) is 24.4. The number of hydrogen-bond acceptors (Lipinski definition) is 4. The van der Waals surface area contributed by atoms with E-state index in [1.807, 2.05) is 30.7 Å². The van der Waals surface area contributed by atoms with Crippen LogP contribution in [0.3, 0.4) is 0 Å². The van der Waals surface area contributed by atoms with Gasteiger partial charge in [-0.2, -0.15) is 4.98 Å². The summed E-state index contributed by atoms with van der Waals surface area (Å²) < 4.78 is 7.26. The second-order valence-electron chi connectivity index (χ2n) is 8.44. The Morgan fingerprint density at radius 2 is 1.91 bits per heavy atom. The monoisotopic (exact) mass is 474 g/mol. The van der Waals surface area contributed by atoms with Crippen molar-refractivity contribution in [2.75, 3.05) is 18.6 Å². The van der Waals surface area contributed by atoms with Crippen LogP contribution < -0.4 is 9.64 Å². The van der Waals surface area contributed by atoms with Crippen molar-refractivity contribution >= 4 is 30.0 Å². The minimum atomic E-state index is 0. The molecule has 2 aromatic carbocycles. The largest absolute Gasteiger partial charge is 0.496 e. The summed E-state index contributed by atoms with van der Waals surface area (Å²) in [5.74, 6) is 3.15. The predicted molar refractivity (Wildman–Crippen MR) is 134 cm³/mol.